The van der Waals surface area contributed by atoms with Crippen molar-refractivity contribution in [1.82, 2.24) is 4.98 Å². The number of benzene rings is 1. The lowest BCUT2D eigenvalue weighted by atomic mass is 10.4. The lowest BCUT2D eigenvalue weighted by Gasteiger charge is -2.13. The Balaban J connectivity index is 2.66. The number of hydrogen-bond acceptors (Lipinski definition) is 1. The van der Waals surface area contributed by atoms with Crippen LogP contribution < -0.4 is 10.2 Å². The molecule has 0 fully saturated rings. The molecule has 0 aliphatic rings. The highest BCUT2D eigenvalue weighted by molar-refractivity contribution is 6.70. The highest BCUT2D eigenvalue weighted by Gasteiger charge is 2.07. The molecule has 0 heterocycles. The van der Waals surface area contributed by atoms with Gasteiger partial charge in [-0.1, -0.05) is 44.2 Å². The second-order valence-corrected chi connectivity index (χ2v) is 5.93. The van der Waals surface area contributed by atoms with Gasteiger partial charge in [0.25, 0.3) is 0 Å². The van der Waals surface area contributed by atoms with E-state index in [0.29, 0.717) is 0 Å². The van der Waals surface area contributed by atoms with Crippen molar-refractivity contribution in [3.05, 3.63) is 30.3 Å². The Kier molecular flexibility index (Phi) is 4.04. The van der Waals surface area contributed by atoms with Gasteiger partial charge in [-0.05, 0) is 17.8 Å². The van der Waals surface area contributed by atoms with Crippen LogP contribution in [0.4, 0.5) is 0 Å². The normalized spacial score (nSPS) is 12.8. The first-order valence-corrected chi connectivity index (χ1v) is 6.64. The summed E-state index contributed by atoms with van der Waals surface area (Å²) in [6.45, 7) is 5.55. The summed E-state index contributed by atoms with van der Waals surface area (Å²) in [5.41, 5.74) is 0. The second-order valence-electron chi connectivity index (χ2n) is 2.93. The molecular formula is C10H17NSi. The lowest BCUT2D eigenvalue weighted by molar-refractivity contribution is 0.982. The monoisotopic (exact) mass is 179 g/mol. The van der Waals surface area contributed by atoms with Gasteiger partial charge in [-0.15, -0.1) is 0 Å². The summed E-state index contributed by atoms with van der Waals surface area (Å²) in [5, 5.41) is 1.53. The van der Waals surface area contributed by atoms with Crippen LogP contribution in [0.15, 0.2) is 30.3 Å². The van der Waals surface area contributed by atoms with Crippen molar-refractivity contribution in [3.8, 4) is 0 Å². The predicted molar refractivity (Wildman–Crippen MR) is 57.4 cm³/mol. The predicted octanol–water partition coefficient (Wildman–Crippen LogP) is 1.25. The summed E-state index contributed by atoms with van der Waals surface area (Å²) in [6.07, 6.45) is 0. The lowest BCUT2D eigenvalue weighted by Crippen LogP contribution is -2.43. The molecule has 0 aliphatic heterocycles. The van der Waals surface area contributed by atoms with Crippen LogP contribution in [0.1, 0.15) is 13.8 Å². The Hall–Kier alpha value is -0.603. The van der Waals surface area contributed by atoms with Crippen LogP contribution in [-0.4, -0.2) is 15.5 Å². The third-order valence-electron chi connectivity index (χ3n) is 2.06. The number of hydrogen-bond donors (Lipinski definition) is 1. The van der Waals surface area contributed by atoms with E-state index < -0.39 is 8.96 Å². The molecule has 2 heteroatoms. The molecule has 1 aromatic rings. The van der Waals surface area contributed by atoms with Gasteiger partial charge in [0.1, 0.15) is 8.96 Å². The third-order valence-corrected chi connectivity index (χ3v) is 4.97. The van der Waals surface area contributed by atoms with Crippen LogP contribution in [0.5, 0.6) is 0 Å². The Bertz CT molecular complexity index is 210. The Morgan fingerprint density at radius 3 is 2.33 bits per heavy atom. The molecule has 1 unspecified atom stereocenters. The van der Waals surface area contributed by atoms with Crippen molar-refractivity contribution in [3.63, 3.8) is 0 Å². The summed E-state index contributed by atoms with van der Waals surface area (Å²) in [6, 6.07) is 12.1. The van der Waals surface area contributed by atoms with Crippen LogP contribution in [-0.2, 0) is 0 Å². The molecule has 1 aromatic carbocycles. The van der Waals surface area contributed by atoms with Gasteiger partial charge in [0.2, 0.25) is 0 Å². The van der Waals surface area contributed by atoms with Crippen LogP contribution in [0.25, 0.3) is 0 Å². The molecule has 0 aromatic heterocycles. The van der Waals surface area contributed by atoms with E-state index in [0.717, 1.165) is 6.54 Å². The van der Waals surface area contributed by atoms with Crippen LogP contribution >= 0.6 is 0 Å². The maximum Gasteiger partial charge on any atom is 0.140 e. The first-order valence-electron chi connectivity index (χ1n) is 4.66. The van der Waals surface area contributed by atoms with E-state index in [-0.39, 0.29) is 0 Å². The Morgan fingerprint density at radius 1 is 1.17 bits per heavy atom. The van der Waals surface area contributed by atoms with E-state index >= 15 is 0 Å². The van der Waals surface area contributed by atoms with Gasteiger partial charge in [0.15, 0.2) is 0 Å². The van der Waals surface area contributed by atoms with Crippen molar-refractivity contribution < 1.29 is 0 Å². The van der Waals surface area contributed by atoms with E-state index in [1.807, 2.05) is 0 Å². The Morgan fingerprint density at radius 2 is 1.83 bits per heavy atom. The van der Waals surface area contributed by atoms with Gasteiger partial charge in [-0.25, -0.2) is 0 Å². The van der Waals surface area contributed by atoms with Gasteiger partial charge >= 0.3 is 0 Å². The zero-order chi connectivity index (χ0) is 8.81. The largest absolute Gasteiger partial charge is 0.336 e. The summed E-state index contributed by atoms with van der Waals surface area (Å²) < 4.78 is 0. The van der Waals surface area contributed by atoms with E-state index in [2.05, 4.69) is 49.2 Å². The average molecular weight is 179 g/mol. The minimum absolute atomic E-state index is 0.821. The summed E-state index contributed by atoms with van der Waals surface area (Å²) in [4.78, 5) is 3.59. The molecule has 1 rings (SSSR count). The fourth-order valence-electron chi connectivity index (χ4n) is 1.43. The molecule has 0 aliphatic carbocycles. The van der Waals surface area contributed by atoms with E-state index in [1.165, 1.54) is 11.2 Å². The van der Waals surface area contributed by atoms with Gasteiger partial charge < -0.3 is 4.98 Å². The quantitative estimate of drug-likeness (QED) is 0.686. The van der Waals surface area contributed by atoms with Gasteiger partial charge in [-0.3, -0.25) is 0 Å². The fraction of sp³-hybridized carbons (Fsp3) is 0.400. The fourth-order valence-corrected chi connectivity index (χ4v) is 3.61. The van der Waals surface area contributed by atoms with Crippen LogP contribution in [0.2, 0.25) is 6.04 Å². The minimum atomic E-state index is -0.821. The van der Waals surface area contributed by atoms with E-state index in [4.69, 9.17) is 0 Å². The zero-order valence-electron chi connectivity index (χ0n) is 7.88. The molecule has 1 N–H and O–H groups in total. The molecule has 0 radical (unpaired) electrons. The smallest absolute Gasteiger partial charge is 0.140 e. The molecule has 0 amide bonds. The van der Waals surface area contributed by atoms with E-state index in [1.54, 1.807) is 0 Å². The standard InChI is InChI=1S/C10H17NSi/c1-3-11-12(4-2)10-8-6-5-7-9-10/h5-9,11-12H,3-4H2,1-2H3. The maximum atomic E-state index is 3.59. The topological polar surface area (TPSA) is 12.0 Å². The molecule has 1 nitrogen and oxygen atoms in total. The van der Waals surface area contributed by atoms with Crippen LogP contribution in [0.3, 0.4) is 0 Å². The minimum Gasteiger partial charge on any atom is -0.336 e. The third kappa shape index (κ3) is 2.46. The molecule has 0 spiro atoms. The molecular weight excluding hydrogens is 162 g/mol. The SMILES string of the molecule is CCN[SiH](CC)c1ccccc1. The highest BCUT2D eigenvalue weighted by atomic mass is 28.3. The summed E-state index contributed by atoms with van der Waals surface area (Å²) >= 11 is 0. The highest BCUT2D eigenvalue weighted by Crippen LogP contribution is 1.90. The van der Waals surface area contributed by atoms with Crippen molar-refractivity contribution in [2.24, 2.45) is 0 Å². The number of rotatable bonds is 4. The molecule has 12 heavy (non-hydrogen) atoms. The summed E-state index contributed by atoms with van der Waals surface area (Å²) in [5.74, 6) is 0. The number of nitrogens with one attached hydrogen (secondary N) is 1. The Labute approximate surface area is 76.5 Å². The van der Waals surface area contributed by atoms with Gasteiger partial charge in [0, 0.05) is 0 Å². The average Bonchev–Trinajstić information content (AvgIpc) is 2.15. The van der Waals surface area contributed by atoms with Crippen LogP contribution in [0, 0.1) is 0 Å². The maximum absolute atomic E-state index is 3.59. The van der Waals surface area contributed by atoms with Crippen molar-refractivity contribution in [2.75, 3.05) is 6.54 Å². The molecule has 66 valence electrons. The first kappa shape index (κ1) is 9.48. The molecule has 0 saturated heterocycles. The zero-order valence-corrected chi connectivity index (χ0v) is 9.03. The summed E-state index contributed by atoms with van der Waals surface area (Å²) in [7, 11) is -0.821. The van der Waals surface area contributed by atoms with Gasteiger partial charge in [0.05, 0.1) is 0 Å². The van der Waals surface area contributed by atoms with Crippen molar-refractivity contribution >= 4 is 14.1 Å². The van der Waals surface area contributed by atoms with Crippen molar-refractivity contribution in [2.45, 2.75) is 19.9 Å². The molecule has 0 bridgehead atoms. The first-order chi connectivity index (χ1) is 5.88. The molecule has 0 saturated carbocycles. The van der Waals surface area contributed by atoms with Crippen molar-refractivity contribution in [1.29, 1.82) is 0 Å². The van der Waals surface area contributed by atoms with Gasteiger partial charge in [-0.2, -0.15) is 0 Å². The molecule has 1 atom stereocenters. The second kappa shape index (κ2) is 5.12. The van der Waals surface area contributed by atoms with E-state index in [9.17, 15) is 0 Å².